The minimum Gasteiger partial charge on any atom is -0.365 e. The van der Waals surface area contributed by atoms with Crippen molar-refractivity contribution in [2.45, 2.75) is 46.5 Å². The highest BCUT2D eigenvalue weighted by atomic mass is 32.1. The summed E-state index contributed by atoms with van der Waals surface area (Å²) in [5, 5.41) is 11.3. The van der Waals surface area contributed by atoms with Gasteiger partial charge in [0.15, 0.2) is 0 Å². The number of rotatable bonds is 7. The van der Waals surface area contributed by atoms with E-state index in [9.17, 15) is 22.8 Å². The van der Waals surface area contributed by atoms with Gasteiger partial charge in [-0.15, -0.1) is 11.3 Å². The Kier molecular flexibility index (Phi) is 6.36. The quantitative estimate of drug-likeness (QED) is 0.391. The van der Waals surface area contributed by atoms with Crippen LogP contribution in [0.3, 0.4) is 0 Å². The van der Waals surface area contributed by atoms with E-state index in [1.165, 1.54) is 6.20 Å². The van der Waals surface area contributed by atoms with Gasteiger partial charge in [0.1, 0.15) is 15.4 Å². The summed E-state index contributed by atoms with van der Waals surface area (Å²) in [6.45, 7) is 6.20. The molecule has 0 spiro atoms. The molecule has 4 heterocycles. The second-order valence-corrected chi connectivity index (χ2v) is 8.88. The zero-order valence-electron chi connectivity index (χ0n) is 19.1. The maximum Gasteiger partial charge on any atom is 0.433 e. The van der Waals surface area contributed by atoms with Crippen LogP contribution in [0.2, 0.25) is 0 Å². The minimum absolute atomic E-state index is 0.0207. The Morgan fingerprint density at radius 3 is 2.54 bits per heavy atom. The highest BCUT2D eigenvalue weighted by Gasteiger charge is 2.35. The zero-order valence-corrected chi connectivity index (χ0v) is 19.9. The van der Waals surface area contributed by atoms with E-state index >= 15 is 0 Å². The van der Waals surface area contributed by atoms with Gasteiger partial charge in [0.05, 0.1) is 17.6 Å². The minimum atomic E-state index is -4.72. The number of hydrogen-bond donors (Lipinski definition) is 2. The molecule has 3 N–H and O–H groups in total. The number of primary amides is 1. The summed E-state index contributed by atoms with van der Waals surface area (Å²) in [5.41, 5.74) is 6.46. The molecule has 4 rings (SSSR count). The summed E-state index contributed by atoms with van der Waals surface area (Å²) in [7, 11) is 0. The Morgan fingerprint density at radius 1 is 1.23 bits per heavy atom. The van der Waals surface area contributed by atoms with Gasteiger partial charge in [-0.05, 0) is 38.5 Å². The molecule has 0 atom stereocenters. The summed E-state index contributed by atoms with van der Waals surface area (Å²) in [6.07, 6.45) is -1.51. The van der Waals surface area contributed by atoms with E-state index in [0.29, 0.717) is 29.1 Å². The molecule has 4 aromatic heterocycles. The third kappa shape index (κ3) is 4.76. The highest BCUT2D eigenvalue weighted by Crippen LogP contribution is 2.44. The molecule has 0 bridgehead atoms. The number of carbonyl (C=O) groups is 2. The Morgan fingerprint density at radius 2 is 1.97 bits per heavy atom. The number of nitrogens with two attached hydrogens (primary N) is 1. The lowest BCUT2D eigenvalue weighted by Crippen LogP contribution is -2.18. The van der Waals surface area contributed by atoms with Gasteiger partial charge in [0.25, 0.3) is 5.91 Å². The Balaban J connectivity index is 1.85. The van der Waals surface area contributed by atoms with Crippen molar-refractivity contribution < 1.29 is 22.8 Å². The molecule has 9 nitrogen and oxygen atoms in total. The largest absolute Gasteiger partial charge is 0.433 e. The molecule has 0 aliphatic heterocycles. The zero-order chi connectivity index (χ0) is 25.5. The van der Waals surface area contributed by atoms with Gasteiger partial charge >= 0.3 is 6.18 Å². The molecule has 0 saturated carbocycles. The van der Waals surface area contributed by atoms with Crippen molar-refractivity contribution in [3.8, 4) is 11.1 Å². The molecule has 0 radical (unpaired) electrons. The molecule has 2 amide bonds. The van der Waals surface area contributed by atoms with Crippen molar-refractivity contribution in [1.82, 2.24) is 24.5 Å². The Labute approximate surface area is 201 Å². The topological polar surface area (TPSA) is 121 Å². The van der Waals surface area contributed by atoms with E-state index < -0.39 is 23.7 Å². The van der Waals surface area contributed by atoms with Crippen LogP contribution in [-0.4, -0.2) is 36.4 Å². The standard InChI is InChI=1S/C22H22F3N7O2S/c1-4-32-12(3)14(10-27-32)13-9-15(22(23,24)25)28-21-17(13)18(19(35-21)20(26)34)29-16(33)6-8-31-7-5-11(2)30-31/h5,7,9-10H,4,6,8H2,1-3H3,(H2,26,34)(H,29,33). The first-order valence-corrected chi connectivity index (χ1v) is 11.5. The van der Waals surface area contributed by atoms with E-state index in [1.54, 1.807) is 28.6 Å². The first kappa shape index (κ1) is 24.4. The van der Waals surface area contributed by atoms with Crippen molar-refractivity contribution in [2.24, 2.45) is 5.73 Å². The molecule has 13 heteroatoms. The third-order valence-corrected chi connectivity index (χ3v) is 6.57. The van der Waals surface area contributed by atoms with Crippen molar-refractivity contribution in [1.29, 1.82) is 0 Å². The molecule has 0 aromatic carbocycles. The normalized spacial score (nSPS) is 11.8. The summed E-state index contributed by atoms with van der Waals surface area (Å²) in [6, 6.07) is 2.70. The molecule has 0 fully saturated rings. The summed E-state index contributed by atoms with van der Waals surface area (Å²) in [5.74, 6) is -1.33. The predicted octanol–water partition coefficient (Wildman–Crippen LogP) is 4.14. The maximum absolute atomic E-state index is 13.7. The van der Waals surface area contributed by atoms with Crippen LogP contribution in [0.5, 0.6) is 0 Å². The summed E-state index contributed by atoms with van der Waals surface area (Å²) >= 11 is 0.704. The average molecular weight is 506 g/mol. The van der Waals surface area contributed by atoms with Gasteiger partial charge < -0.3 is 11.1 Å². The Hall–Kier alpha value is -3.74. The number of thiophene rings is 1. The van der Waals surface area contributed by atoms with Crippen molar-refractivity contribution in [3.05, 3.63) is 46.5 Å². The van der Waals surface area contributed by atoms with Gasteiger partial charge in [0, 0.05) is 42.4 Å². The van der Waals surface area contributed by atoms with Crippen LogP contribution < -0.4 is 11.1 Å². The summed E-state index contributed by atoms with van der Waals surface area (Å²) < 4.78 is 44.3. The van der Waals surface area contributed by atoms with E-state index in [2.05, 4.69) is 20.5 Å². The smallest absolute Gasteiger partial charge is 0.365 e. The predicted molar refractivity (Wildman–Crippen MR) is 125 cm³/mol. The maximum atomic E-state index is 13.7. The van der Waals surface area contributed by atoms with Crippen LogP contribution in [0, 0.1) is 13.8 Å². The van der Waals surface area contributed by atoms with Gasteiger partial charge in [-0.25, -0.2) is 4.98 Å². The Bertz CT molecular complexity index is 1430. The van der Waals surface area contributed by atoms with Gasteiger partial charge in [-0.1, -0.05) is 0 Å². The lowest BCUT2D eigenvalue weighted by Gasteiger charge is -2.12. The number of halogens is 3. The number of nitrogens with one attached hydrogen (secondary N) is 1. The molecular weight excluding hydrogens is 483 g/mol. The van der Waals surface area contributed by atoms with E-state index in [-0.39, 0.29) is 39.3 Å². The SMILES string of the molecule is CCn1ncc(-c2cc(C(F)(F)F)nc3sc(C(N)=O)c(NC(=O)CCn4ccc(C)n4)c23)c1C. The van der Waals surface area contributed by atoms with Gasteiger partial charge in [-0.3, -0.25) is 19.0 Å². The fourth-order valence-corrected chi connectivity index (χ4v) is 4.79. The van der Waals surface area contributed by atoms with Crippen LogP contribution in [0.15, 0.2) is 24.5 Å². The first-order chi connectivity index (χ1) is 16.5. The molecule has 4 aromatic rings. The van der Waals surface area contributed by atoms with Crippen LogP contribution in [0.1, 0.15) is 40.1 Å². The summed E-state index contributed by atoms with van der Waals surface area (Å²) in [4.78, 5) is 28.6. The molecule has 0 aliphatic carbocycles. The van der Waals surface area contributed by atoms with Crippen molar-refractivity contribution in [3.63, 3.8) is 0 Å². The number of carbonyl (C=O) groups excluding carboxylic acids is 2. The van der Waals surface area contributed by atoms with Crippen molar-refractivity contribution in [2.75, 3.05) is 5.32 Å². The van der Waals surface area contributed by atoms with Crippen LogP contribution >= 0.6 is 11.3 Å². The van der Waals surface area contributed by atoms with Crippen LogP contribution in [0.25, 0.3) is 21.3 Å². The average Bonchev–Trinajstić information content (AvgIpc) is 3.48. The fraction of sp³-hybridized carbons (Fsp3) is 0.318. The number of fused-ring (bicyclic) bond motifs is 1. The molecule has 0 saturated heterocycles. The highest BCUT2D eigenvalue weighted by molar-refractivity contribution is 7.21. The number of hydrogen-bond acceptors (Lipinski definition) is 6. The molecule has 184 valence electrons. The lowest BCUT2D eigenvalue weighted by molar-refractivity contribution is -0.140. The first-order valence-electron chi connectivity index (χ1n) is 10.7. The number of amides is 2. The number of aromatic nitrogens is 5. The van der Waals surface area contributed by atoms with Crippen LogP contribution in [0.4, 0.5) is 18.9 Å². The van der Waals surface area contributed by atoms with Crippen LogP contribution in [-0.2, 0) is 24.1 Å². The molecule has 0 unspecified atom stereocenters. The number of alkyl halides is 3. The molecular formula is C22H22F3N7O2S. The molecule has 35 heavy (non-hydrogen) atoms. The van der Waals surface area contributed by atoms with E-state index in [4.69, 9.17) is 5.73 Å². The van der Waals surface area contributed by atoms with E-state index in [0.717, 1.165) is 11.8 Å². The third-order valence-electron chi connectivity index (χ3n) is 5.48. The van der Waals surface area contributed by atoms with Gasteiger partial charge in [0.2, 0.25) is 5.91 Å². The second-order valence-electron chi connectivity index (χ2n) is 7.88. The number of pyridine rings is 1. The molecule has 0 aliphatic rings. The lowest BCUT2D eigenvalue weighted by atomic mass is 10.0. The fourth-order valence-electron chi connectivity index (χ4n) is 3.78. The van der Waals surface area contributed by atoms with Crippen molar-refractivity contribution >= 4 is 39.1 Å². The van der Waals surface area contributed by atoms with Gasteiger partial charge in [-0.2, -0.15) is 23.4 Å². The second kappa shape index (κ2) is 9.13. The number of aryl methyl sites for hydroxylation is 3. The number of nitrogens with zero attached hydrogens (tertiary/aromatic N) is 5. The number of anilines is 1. The van der Waals surface area contributed by atoms with E-state index in [1.807, 2.05) is 13.8 Å². The monoisotopic (exact) mass is 505 g/mol.